The Kier molecular flexibility index (Phi) is 6.34. The number of halogens is 3. The van der Waals surface area contributed by atoms with Crippen molar-refractivity contribution in [1.29, 1.82) is 0 Å². The van der Waals surface area contributed by atoms with Gasteiger partial charge in [-0.05, 0) is 25.2 Å². The summed E-state index contributed by atoms with van der Waals surface area (Å²) in [6, 6.07) is 3.90. The standard InChI is InChI=1S/C14H16F2N4OS.ClH/c1-20-5-4-17-7-12(20)14-18-13(21-19-14)8-22-9-2-3-10(15)11(16)6-9;/h2-3,6,12,17H,4-5,7-8H2,1H3;1H. The Hall–Kier alpha value is -1.22. The highest BCUT2D eigenvalue weighted by atomic mass is 35.5. The second kappa shape index (κ2) is 8.05. The van der Waals surface area contributed by atoms with Crippen LogP contribution in [0.5, 0.6) is 0 Å². The van der Waals surface area contributed by atoms with Gasteiger partial charge in [0.05, 0.1) is 11.8 Å². The SMILES string of the molecule is CN1CCNCC1c1noc(CSc2ccc(F)c(F)c2)n1.Cl. The fraction of sp³-hybridized carbons (Fsp3) is 0.429. The zero-order valence-corrected chi connectivity index (χ0v) is 14.1. The minimum atomic E-state index is -0.855. The van der Waals surface area contributed by atoms with E-state index in [0.717, 1.165) is 31.8 Å². The van der Waals surface area contributed by atoms with Crippen molar-refractivity contribution in [2.24, 2.45) is 0 Å². The van der Waals surface area contributed by atoms with Crippen LogP contribution >= 0.6 is 24.2 Å². The van der Waals surface area contributed by atoms with Gasteiger partial charge in [0.1, 0.15) is 0 Å². The lowest BCUT2D eigenvalue weighted by Crippen LogP contribution is -2.44. The molecular weight excluding hydrogens is 346 g/mol. The summed E-state index contributed by atoms with van der Waals surface area (Å²) in [5, 5.41) is 7.32. The maximum absolute atomic E-state index is 13.1. The van der Waals surface area contributed by atoms with Gasteiger partial charge in [-0.2, -0.15) is 4.98 Å². The highest BCUT2D eigenvalue weighted by Crippen LogP contribution is 2.25. The molecule has 5 nitrogen and oxygen atoms in total. The normalized spacial score (nSPS) is 18.7. The summed E-state index contributed by atoms with van der Waals surface area (Å²) in [6.07, 6.45) is 0. The van der Waals surface area contributed by atoms with E-state index >= 15 is 0 Å². The smallest absolute Gasteiger partial charge is 0.237 e. The van der Waals surface area contributed by atoms with Crippen molar-refractivity contribution in [1.82, 2.24) is 20.4 Å². The maximum atomic E-state index is 13.1. The Morgan fingerprint density at radius 1 is 1.39 bits per heavy atom. The first-order valence-corrected chi connectivity index (χ1v) is 7.93. The fourth-order valence-corrected chi connectivity index (χ4v) is 3.03. The lowest BCUT2D eigenvalue weighted by Gasteiger charge is -2.30. The molecule has 1 unspecified atom stereocenters. The molecule has 9 heteroatoms. The Labute approximate surface area is 143 Å². The van der Waals surface area contributed by atoms with Crippen molar-refractivity contribution in [2.45, 2.75) is 16.7 Å². The summed E-state index contributed by atoms with van der Waals surface area (Å²) in [7, 11) is 2.03. The predicted molar refractivity (Wildman–Crippen MR) is 85.7 cm³/mol. The summed E-state index contributed by atoms with van der Waals surface area (Å²) in [6.45, 7) is 2.66. The van der Waals surface area contributed by atoms with Gasteiger partial charge in [0, 0.05) is 24.5 Å². The number of rotatable bonds is 4. The van der Waals surface area contributed by atoms with Gasteiger partial charge in [0.25, 0.3) is 0 Å². The zero-order valence-electron chi connectivity index (χ0n) is 12.5. The molecule has 1 saturated heterocycles. The molecule has 1 atom stereocenters. The van der Waals surface area contributed by atoms with E-state index in [2.05, 4.69) is 20.4 Å². The van der Waals surface area contributed by atoms with Crippen LogP contribution in [-0.2, 0) is 5.75 Å². The fourth-order valence-electron chi connectivity index (χ4n) is 2.27. The van der Waals surface area contributed by atoms with Crippen LogP contribution < -0.4 is 5.32 Å². The quantitative estimate of drug-likeness (QED) is 0.844. The number of benzene rings is 1. The lowest BCUT2D eigenvalue weighted by atomic mass is 10.2. The van der Waals surface area contributed by atoms with Crippen molar-refractivity contribution < 1.29 is 13.3 Å². The first-order valence-electron chi connectivity index (χ1n) is 6.95. The van der Waals surface area contributed by atoms with Crippen molar-refractivity contribution in [3.63, 3.8) is 0 Å². The number of nitrogens with zero attached hydrogens (tertiary/aromatic N) is 3. The monoisotopic (exact) mass is 362 g/mol. The first kappa shape index (κ1) is 18.1. The van der Waals surface area contributed by atoms with E-state index < -0.39 is 11.6 Å². The van der Waals surface area contributed by atoms with Crippen LogP contribution in [-0.4, -0.2) is 41.7 Å². The number of likely N-dealkylation sites (N-methyl/N-ethyl adjacent to an activating group) is 1. The number of piperazine rings is 1. The van der Waals surface area contributed by atoms with Crippen LogP contribution in [0.15, 0.2) is 27.6 Å². The van der Waals surface area contributed by atoms with Crippen LogP contribution in [0.25, 0.3) is 0 Å². The topological polar surface area (TPSA) is 54.2 Å². The molecular formula is C14H17ClF2N4OS. The highest BCUT2D eigenvalue weighted by molar-refractivity contribution is 7.98. The molecule has 0 radical (unpaired) electrons. The molecule has 0 amide bonds. The molecule has 1 aromatic carbocycles. The number of hydrogen-bond acceptors (Lipinski definition) is 6. The van der Waals surface area contributed by atoms with E-state index in [1.54, 1.807) is 0 Å². The molecule has 23 heavy (non-hydrogen) atoms. The average Bonchev–Trinajstić information content (AvgIpc) is 2.98. The van der Waals surface area contributed by atoms with Crippen molar-refractivity contribution in [3.8, 4) is 0 Å². The van der Waals surface area contributed by atoms with Gasteiger partial charge in [-0.15, -0.1) is 24.2 Å². The van der Waals surface area contributed by atoms with Crippen LogP contribution in [0.1, 0.15) is 17.8 Å². The molecule has 0 aliphatic carbocycles. The van der Waals surface area contributed by atoms with E-state index in [1.165, 1.54) is 17.8 Å². The molecule has 126 valence electrons. The van der Waals surface area contributed by atoms with Gasteiger partial charge in [0.2, 0.25) is 5.89 Å². The summed E-state index contributed by atoms with van der Waals surface area (Å²) in [5.41, 5.74) is 0. The summed E-state index contributed by atoms with van der Waals surface area (Å²) < 4.78 is 31.3. The zero-order chi connectivity index (χ0) is 15.5. The van der Waals surface area contributed by atoms with Gasteiger partial charge in [0.15, 0.2) is 17.5 Å². The highest BCUT2D eigenvalue weighted by Gasteiger charge is 2.25. The third-order valence-corrected chi connectivity index (χ3v) is 4.52. The van der Waals surface area contributed by atoms with Crippen LogP contribution in [0.3, 0.4) is 0 Å². The summed E-state index contributed by atoms with van der Waals surface area (Å²) in [4.78, 5) is 7.19. The van der Waals surface area contributed by atoms with E-state index in [4.69, 9.17) is 4.52 Å². The number of nitrogens with one attached hydrogen (secondary N) is 1. The van der Waals surface area contributed by atoms with E-state index in [-0.39, 0.29) is 18.4 Å². The summed E-state index contributed by atoms with van der Waals surface area (Å²) >= 11 is 1.33. The average molecular weight is 363 g/mol. The molecule has 1 fully saturated rings. The van der Waals surface area contributed by atoms with Gasteiger partial charge >= 0.3 is 0 Å². The molecule has 0 bridgehead atoms. The number of aromatic nitrogens is 2. The van der Waals surface area contributed by atoms with E-state index in [9.17, 15) is 8.78 Å². The Balaban J connectivity index is 0.00000192. The van der Waals surface area contributed by atoms with Crippen molar-refractivity contribution >= 4 is 24.2 Å². The second-order valence-corrected chi connectivity index (χ2v) is 6.16. The molecule has 1 aliphatic rings. The van der Waals surface area contributed by atoms with Gasteiger partial charge in [-0.25, -0.2) is 8.78 Å². The van der Waals surface area contributed by atoms with Crippen molar-refractivity contribution in [3.05, 3.63) is 41.5 Å². The van der Waals surface area contributed by atoms with Gasteiger partial charge < -0.3 is 9.84 Å². The minimum absolute atomic E-state index is 0. The molecule has 1 aliphatic heterocycles. The number of hydrogen-bond donors (Lipinski definition) is 1. The summed E-state index contributed by atoms with van der Waals surface area (Å²) in [5.74, 6) is -0.162. The van der Waals surface area contributed by atoms with E-state index in [0.29, 0.717) is 22.4 Å². The Morgan fingerprint density at radius 3 is 2.96 bits per heavy atom. The Bertz CT molecular complexity index is 657. The van der Waals surface area contributed by atoms with Crippen molar-refractivity contribution in [2.75, 3.05) is 26.7 Å². The molecule has 3 rings (SSSR count). The van der Waals surface area contributed by atoms with Gasteiger partial charge in [-0.3, -0.25) is 4.90 Å². The maximum Gasteiger partial charge on any atom is 0.237 e. The number of thioether (sulfide) groups is 1. The largest absolute Gasteiger partial charge is 0.338 e. The predicted octanol–water partition coefficient (Wildman–Crippen LogP) is 2.64. The third-order valence-electron chi connectivity index (χ3n) is 3.55. The van der Waals surface area contributed by atoms with Crippen LogP contribution in [0.2, 0.25) is 0 Å². The Morgan fingerprint density at radius 2 is 2.22 bits per heavy atom. The first-order chi connectivity index (χ1) is 10.6. The molecule has 1 N–H and O–H groups in total. The molecule has 2 aromatic rings. The van der Waals surface area contributed by atoms with E-state index in [1.807, 2.05) is 7.05 Å². The molecule has 0 spiro atoms. The molecule has 2 heterocycles. The van der Waals surface area contributed by atoms with Crippen LogP contribution in [0, 0.1) is 11.6 Å². The van der Waals surface area contributed by atoms with Gasteiger partial charge in [-0.1, -0.05) is 5.16 Å². The third kappa shape index (κ3) is 4.41. The lowest BCUT2D eigenvalue weighted by molar-refractivity contribution is 0.190. The molecule has 0 saturated carbocycles. The molecule has 1 aromatic heterocycles. The minimum Gasteiger partial charge on any atom is -0.338 e. The second-order valence-electron chi connectivity index (χ2n) is 5.11. The van der Waals surface area contributed by atoms with Crippen LogP contribution in [0.4, 0.5) is 8.78 Å².